The minimum atomic E-state index is -0.942. The van der Waals surface area contributed by atoms with E-state index in [9.17, 15) is 14.7 Å². The highest BCUT2D eigenvalue weighted by Crippen LogP contribution is 2.45. The molecule has 2 aliphatic heterocycles. The molecule has 0 bridgehead atoms. The van der Waals surface area contributed by atoms with Gasteiger partial charge in [-0.3, -0.25) is 9.59 Å². The Kier molecular flexibility index (Phi) is 5.81. The highest BCUT2D eigenvalue weighted by Gasteiger charge is 2.40. The van der Waals surface area contributed by atoms with Crippen molar-refractivity contribution in [2.75, 3.05) is 12.4 Å². The van der Waals surface area contributed by atoms with Crippen LogP contribution in [0.2, 0.25) is 0 Å². The van der Waals surface area contributed by atoms with Gasteiger partial charge in [0.2, 0.25) is 0 Å². The van der Waals surface area contributed by atoms with Crippen LogP contribution in [0.15, 0.2) is 82.0 Å². The maximum Gasteiger partial charge on any atom is 0.309 e. The van der Waals surface area contributed by atoms with Gasteiger partial charge in [-0.15, -0.1) is 0 Å². The third kappa shape index (κ3) is 4.20. The molecule has 0 saturated heterocycles. The molecular weight excluding hydrogens is 414 g/mol. The Morgan fingerprint density at radius 2 is 1.87 bits per heavy atom. The van der Waals surface area contributed by atoms with Gasteiger partial charge in [0.1, 0.15) is 5.75 Å². The third-order valence-electron chi connectivity index (χ3n) is 5.04. The lowest BCUT2D eigenvalue weighted by Gasteiger charge is -2.36. The van der Waals surface area contributed by atoms with Crippen molar-refractivity contribution in [1.29, 1.82) is 0 Å². The number of nitrogens with one attached hydrogen (secondary N) is 1. The largest absolute Gasteiger partial charge is 0.497 e. The lowest BCUT2D eigenvalue weighted by Crippen LogP contribution is -2.38. The fourth-order valence-electron chi connectivity index (χ4n) is 3.64. The monoisotopic (exact) mass is 435 g/mol. The molecule has 0 spiro atoms. The molecule has 0 aromatic heterocycles. The molecule has 2 aromatic rings. The number of carboxylic acid groups (broad SMARTS) is 1. The molecule has 0 saturated carbocycles. The van der Waals surface area contributed by atoms with E-state index >= 15 is 0 Å². The van der Waals surface area contributed by atoms with Gasteiger partial charge in [0, 0.05) is 11.4 Å². The van der Waals surface area contributed by atoms with Crippen molar-refractivity contribution in [2.45, 2.75) is 19.4 Å². The Balaban J connectivity index is 1.78. The molecule has 2 aromatic carbocycles. The quantitative estimate of drug-likeness (QED) is 0.700. The maximum absolute atomic E-state index is 13.4. The first-order chi connectivity index (χ1) is 15.0. The molecule has 1 atom stereocenters. The molecule has 0 radical (unpaired) electrons. The number of amidine groups is 1. The zero-order valence-corrected chi connectivity index (χ0v) is 17.8. The molecular formula is C23H21N3O4S. The minimum absolute atomic E-state index is 0.161. The van der Waals surface area contributed by atoms with Crippen LogP contribution in [0.4, 0.5) is 5.69 Å². The Bertz CT molecular complexity index is 1110. The molecule has 1 amide bonds. The van der Waals surface area contributed by atoms with Gasteiger partial charge in [-0.25, -0.2) is 4.99 Å². The van der Waals surface area contributed by atoms with E-state index < -0.39 is 12.0 Å². The number of benzene rings is 2. The van der Waals surface area contributed by atoms with Crippen LogP contribution in [0.3, 0.4) is 0 Å². The number of para-hydroxylation sites is 1. The highest BCUT2D eigenvalue weighted by molar-refractivity contribution is 8.16. The number of anilines is 1. The number of thioether (sulfide) groups is 1. The summed E-state index contributed by atoms with van der Waals surface area (Å²) >= 11 is 1.36. The number of ether oxygens (including phenoxy) is 1. The number of rotatable bonds is 6. The van der Waals surface area contributed by atoms with Gasteiger partial charge in [-0.2, -0.15) is 0 Å². The molecule has 1 unspecified atom stereocenters. The second kappa shape index (κ2) is 8.69. The van der Waals surface area contributed by atoms with Gasteiger partial charge in [-0.1, -0.05) is 42.1 Å². The van der Waals surface area contributed by atoms with E-state index in [1.54, 1.807) is 19.4 Å². The Morgan fingerprint density at radius 1 is 1.16 bits per heavy atom. The van der Waals surface area contributed by atoms with Gasteiger partial charge < -0.3 is 20.1 Å². The molecule has 0 aliphatic carbocycles. The summed E-state index contributed by atoms with van der Waals surface area (Å²) < 4.78 is 5.27. The molecule has 2 heterocycles. The molecule has 8 heteroatoms. The lowest BCUT2D eigenvalue weighted by molar-refractivity contribution is -0.136. The van der Waals surface area contributed by atoms with Crippen molar-refractivity contribution in [3.63, 3.8) is 0 Å². The fraction of sp³-hybridized carbons (Fsp3) is 0.174. The minimum Gasteiger partial charge on any atom is -0.497 e. The SMILES string of the molecule is COc1ccc(C2C(C(=O)Nc3ccccc3)=C(C)N=C3SC=C(CC(=O)O)N32)cc1. The van der Waals surface area contributed by atoms with Crippen LogP contribution in [0.5, 0.6) is 5.75 Å². The van der Waals surface area contributed by atoms with Gasteiger partial charge in [-0.05, 0) is 42.2 Å². The first kappa shape index (κ1) is 20.7. The van der Waals surface area contributed by atoms with Crippen molar-refractivity contribution in [3.8, 4) is 5.75 Å². The average molecular weight is 436 g/mol. The van der Waals surface area contributed by atoms with Crippen LogP contribution in [0.1, 0.15) is 24.9 Å². The smallest absolute Gasteiger partial charge is 0.309 e. The standard InChI is InChI=1S/C23H21N3O4S/c1-14-20(22(29)25-16-6-4-3-5-7-16)21(15-8-10-18(30-2)11-9-15)26-17(12-19(27)28)13-31-23(26)24-14/h3-11,13,21H,12H2,1-2H3,(H,25,29)(H,27,28). The maximum atomic E-state index is 13.4. The van der Waals surface area contributed by atoms with E-state index in [0.29, 0.717) is 33.6 Å². The predicted molar refractivity (Wildman–Crippen MR) is 121 cm³/mol. The number of carboxylic acids is 1. The van der Waals surface area contributed by atoms with E-state index in [1.807, 2.05) is 59.5 Å². The number of carbonyl (C=O) groups is 2. The number of allylic oxidation sites excluding steroid dienone is 1. The summed E-state index contributed by atoms with van der Waals surface area (Å²) in [6.07, 6.45) is -0.161. The summed E-state index contributed by atoms with van der Waals surface area (Å²) in [4.78, 5) is 31.3. The number of methoxy groups -OCH3 is 1. The summed E-state index contributed by atoms with van der Waals surface area (Å²) in [6, 6.07) is 16.1. The summed E-state index contributed by atoms with van der Waals surface area (Å²) in [5.41, 5.74) is 3.17. The summed E-state index contributed by atoms with van der Waals surface area (Å²) in [7, 11) is 1.59. The molecule has 0 fully saturated rings. The van der Waals surface area contributed by atoms with Crippen molar-refractivity contribution in [2.24, 2.45) is 4.99 Å². The number of nitrogens with zero attached hydrogens (tertiary/aromatic N) is 2. The summed E-state index contributed by atoms with van der Waals surface area (Å²) in [5, 5.41) is 14.8. The van der Waals surface area contributed by atoms with E-state index in [4.69, 9.17) is 4.74 Å². The molecule has 7 nitrogen and oxygen atoms in total. The van der Waals surface area contributed by atoms with Crippen LogP contribution in [0.25, 0.3) is 0 Å². The van der Waals surface area contributed by atoms with E-state index in [-0.39, 0.29) is 12.3 Å². The van der Waals surface area contributed by atoms with Crippen molar-refractivity contribution in [3.05, 3.63) is 82.5 Å². The van der Waals surface area contributed by atoms with Crippen LogP contribution in [0, 0.1) is 0 Å². The Hall–Kier alpha value is -3.52. The van der Waals surface area contributed by atoms with Crippen LogP contribution >= 0.6 is 11.8 Å². The molecule has 2 N–H and O–H groups in total. The number of aliphatic carboxylic acids is 1. The van der Waals surface area contributed by atoms with Gasteiger partial charge >= 0.3 is 5.97 Å². The number of hydrogen-bond acceptors (Lipinski definition) is 6. The second-order valence-electron chi connectivity index (χ2n) is 7.06. The normalized spacial score (nSPS) is 17.6. The number of hydrogen-bond donors (Lipinski definition) is 2. The van der Waals surface area contributed by atoms with Crippen LogP contribution in [-0.2, 0) is 9.59 Å². The van der Waals surface area contributed by atoms with E-state index in [2.05, 4.69) is 10.3 Å². The highest BCUT2D eigenvalue weighted by atomic mass is 32.2. The van der Waals surface area contributed by atoms with Crippen molar-refractivity contribution >= 4 is 34.5 Å². The van der Waals surface area contributed by atoms with Gasteiger partial charge in [0.05, 0.1) is 30.8 Å². The number of aliphatic imine (C=N–C) groups is 1. The Morgan fingerprint density at radius 3 is 2.52 bits per heavy atom. The lowest BCUT2D eigenvalue weighted by atomic mass is 9.93. The fourth-order valence-corrected chi connectivity index (χ4v) is 4.60. The van der Waals surface area contributed by atoms with Gasteiger partial charge in [0.25, 0.3) is 5.91 Å². The zero-order chi connectivity index (χ0) is 22.0. The molecule has 4 rings (SSSR count). The predicted octanol–water partition coefficient (Wildman–Crippen LogP) is 4.38. The Labute approximate surface area is 184 Å². The summed E-state index contributed by atoms with van der Waals surface area (Å²) in [6.45, 7) is 1.80. The molecule has 31 heavy (non-hydrogen) atoms. The van der Waals surface area contributed by atoms with E-state index in [0.717, 1.165) is 5.56 Å². The molecule has 158 valence electrons. The number of carbonyl (C=O) groups excluding carboxylic acids is 1. The number of fused-ring (bicyclic) bond motifs is 1. The first-order valence-corrected chi connectivity index (χ1v) is 10.5. The van der Waals surface area contributed by atoms with Crippen molar-refractivity contribution in [1.82, 2.24) is 4.90 Å². The van der Waals surface area contributed by atoms with E-state index in [1.165, 1.54) is 11.8 Å². The van der Waals surface area contributed by atoms with Crippen LogP contribution < -0.4 is 10.1 Å². The second-order valence-corrected chi connectivity index (χ2v) is 7.89. The topological polar surface area (TPSA) is 91.2 Å². The average Bonchev–Trinajstić information content (AvgIpc) is 3.14. The van der Waals surface area contributed by atoms with Crippen molar-refractivity contribution < 1.29 is 19.4 Å². The number of amides is 1. The first-order valence-electron chi connectivity index (χ1n) is 9.64. The van der Waals surface area contributed by atoms with Gasteiger partial charge in [0.15, 0.2) is 5.17 Å². The third-order valence-corrected chi connectivity index (χ3v) is 5.93. The zero-order valence-electron chi connectivity index (χ0n) is 17.0. The van der Waals surface area contributed by atoms with Crippen LogP contribution in [-0.4, -0.2) is 34.2 Å². The summed E-state index contributed by atoms with van der Waals surface area (Å²) in [5.74, 6) is -0.524. The molecule has 2 aliphatic rings.